The molecule has 352 valence electrons. The van der Waals surface area contributed by atoms with Gasteiger partial charge in [-0.3, -0.25) is 29.3 Å². The minimum Gasteiger partial charge on any atom is -0.495 e. The van der Waals surface area contributed by atoms with Crippen LogP contribution in [0.1, 0.15) is 112 Å². The molecule has 6 aliphatic rings. The van der Waals surface area contributed by atoms with Gasteiger partial charge in [0.15, 0.2) is 5.82 Å². The molecule has 1 aromatic heterocycles. The summed E-state index contributed by atoms with van der Waals surface area (Å²) in [6, 6.07) is 7.47. The molecule has 0 radical (unpaired) electrons. The molecule has 3 aromatic rings. The van der Waals surface area contributed by atoms with E-state index in [-0.39, 0.29) is 66.2 Å². The predicted octanol–water partition coefficient (Wildman–Crippen LogP) is 5.31. The summed E-state index contributed by atoms with van der Waals surface area (Å²) in [7, 11) is 3.29. The van der Waals surface area contributed by atoms with Crippen LogP contribution in [0.25, 0.3) is 0 Å². The van der Waals surface area contributed by atoms with E-state index in [9.17, 15) is 29.1 Å². The number of likely N-dealkylation sites (tertiary alicyclic amines) is 1. The first-order valence-corrected chi connectivity index (χ1v) is 23.4. The molecule has 9 rings (SSSR count). The minimum atomic E-state index is -1.08. The fourth-order valence-corrected chi connectivity index (χ4v) is 11.5. The average molecular weight is 912 g/mol. The van der Waals surface area contributed by atoms with Crippen molar-refractivity contribution >= 4 is 58.4 Å². The number of carbonyl (C=O) groups is 5. The number of nitrogens with zero attached hydrogens (tertiary/aromatic N) is 6. The molecule has 4 N–H and O–H groups in total. The van der Waals surface area contributed by atoms with Crippen LogP contribution in [-0.4, -0.2) is 114 Å². The van der Waals surface area contributed by atoms with Crippen LogP contribution in [0.4, 0.5) is 37.6 Å². The predicted molar refractivity (Wildman–Crippen MR) is 242 cm³/mol. The van der Waals surface area contributed by atoms with Gasteiger partial charge in [-0.1, -0.05) is 19.8 Å². The van der Waals surface area contributed by atoms with Gasteiger partial charge in [-0.2, -0.15) is 4.98 Å². The van der Waals surface area contributed by atoms with Crippen LogP contribution >= 0.6 is 0 Å². The number of imide groups is 1. The number of aromatic nitrogens is 2. The lowest BCUT2D eigenvalue weighted by atomic mass is 9.62. The maximum Gasteiger partial charge on any atom is 0.251 e. The molecular formula is C48H59F2N9O7. The number of aliphatic hydroxyl groups excluding tert-OH is 1. The number of hydrogen-bond donors (Lipinski definition) is 4. The summed E-state index contributed by atoms with van der Waals surface area (Å²) in [5.41, 5.74) is 0.854. The maximum absolute atomic E-state index is 15.3. The van der Waals surface area contributed by atoms with Gasteiger partial charge in [-0.25, -0.2) is 13.8 Å². The van der Waals surface area contributed by atoms with Gasteiger partial charge in [0.05, 0.1) is 30.8 Å². The van der Waals surface area contributed by atoms with Gasteiger partial charge < -0.3 is 40.1 Å². The molecule has 5 amide bonds. The Hall–Kier alpha value is -5.91. The number of amides is 5. The molecule has 66 heavy (non-hydrogen) atoms. The molecule has 1 spiro atoms. The van der Waals surface area contributed by atoms with Crippen molar-refractivity contribution in [3.8, 4) is 5.75 Å². The van der Waals surface area contributed by atoms with E-state index in [0.29, 0.717) is 92.6 Å². The third-order valence-corrected chi connectivity index (χ3v) is 15.3. The first kappa shape index (κ1) is 45.3. The van der Waals surface area contributed by atoms with Crippen LogP contribution in [0.3, 0.4) is 0 Å². The van der Waals surface area contributed by atoms with Gasteiger partial charge in [0.25, 0.3) is 5.91 Å². The van der Waals surface area contributed by atoms with Crippen LogP contribution in [0.2, 0.25) is 0 Å². The second kappa shape index (κ2) is 18.1. The lowest BCUT2D eigenvalue weighted by Gasteiger charge is -2.56. The smallest absolute Gasteiger partial charge is 0.251 e. The molecule has 2 aromatic carbocycles. The van der Waals surface area contributed by atoms with Gasteiger partial charge >= 0.3 is 0 Å². The number of nitrogens with one attached hydrogen (secondary N) is 3. The van der Waals surface area contributed by atoms with Crippen LogP contribution in [0, 0.1) is 23.0 Å². The molecule has 2 saturated carbocycles. The highest BCUT2D eigenvalue weighted by molar-refractivity contribution is 6.04. The SMILES string of the molecule is CC[C@@H]1C(=O)N(C)c2cnc(Nc3ccc(C(=O)NC4(CCO)CCC5(CC4)CN(C(=O)[C@H]4CCN(c6cc(F)c(C7CCC(=O)NC7=O)c(F)c6)C4)C5)cc3OC)nc2N1C1CCCC1. The molecular weight excluding hydrogens is 853 g/mol. The van der Waals surface area contributed by atoms with E-state index in [4.69, 9.17) is 9.72 Å². The summed E-state index contributed by atoms with van der Waals surface area (Å²) in [5.74, 6) is -3.05. The van der Waals surface area contributed by atoms with Crippen molar-refractivity contribution in [3.63, 3.8) is 0 Å². The summed E-state index contributed by atoms with van der Waals surface area (Å²) >= 11 is 0. The summed E-state index contributed by atoms with van der Waals surface area (Å²) in [6.07, 6.45) is 10.3. The Labute approximate surface area is 382 Å². The molecule has 3 atom stereocenters. The number of piperidine rings is 1. The molecule has 16 nitrogen and oxygen atoms in total. The zero-order chi connectivity index (χ0) is 46.5. The third-order valence-electron chi connectivity index (χ3n) is 15.3. The molecule has 18 heteroatoms. The zero-order valence-corrected chi connectivity index (χ0v) is 37.8. The van der Waals surface area contributed by atoms with E-state index >= 15 is 8.78 Å². The third kappa shape index (κ3) is 8.40. The second-order valence-corrected chi connectivity index (χ2v) is 19.3. The van der Waals surface area contributed by atoms with Crippen molar-refractivity contribution in [3.05, 3.63) is 59.3 Å². The standard InChI is InChI=1S/C48H59F2N9O7/c1-4-36-45(65)56(2)37-24-51-46(54-41(37)59(36)30-7-5-6-8-30)52-35-11-9-28(21-38(35)66-3)42(62)55-48(18-20-60)16-14-47(15-17-48)26-58(27-47)44(64)29-13-19-57(25-29)31-22-33(49)40(34(50)23-31)32-10-12-39(61)53-43(32)63/h9,11,21-24,29-30,32,36,60H,4-8,10,12-20,25-27H2,1-3H3,(H,55,62)(H,51,52,54)(H,53,61,63)/t29-,32?,36+/m0/s1. The number of hydrogen-bond acceptors (Lipinski definition) is 12. The van der Waals surface area contributed by atoms with Crippen molar-refractivity contribution in [2.24, 2.45) is 11.3 Å². The molecule has 5 fully saturated rings. The molecule has 5 heterocycles. The van der Waals surface area contributed by atoms with Crippen molar-refractivity contribution in [2.45, 2.75) is 114 Å². The molecule has 2 aliphatic carbocycles. The fourth-order valence-electron chi connectivity index (χ4n) is 11.5. The number of fused-ring (bicyclic) bond motifs is 1. The van der Waals surface area contributed by atoms with Crippen molar-refractivity contribution in [2.75, 3.05) is 67.0 Å². The van der Waals surface area contributed by atoms with E-state index in [2.05, 4.69) is 25.8 Å². The number of carbonyl (C=O) groups excluding carboxylic acids is 5. The highest BCUT2D eigenvalue weighted by atomic mass is 19.1. The number of ether oxygens (including phenoxy) is 1. The van der Waals surface area contributed by atoms with Crippen LogP contribution in [0.5, 0.6) is 5.75 Å². The van der Waals surface area contributed by atoms with Crippen molar-refractivity contribution in [1.82, 2.24) is 25.5 Å². The minimum absolute atomic E-state index is 0.00816. The van der Waals surface area contributed by atoms with Gasteiger partial charge in [0.1, 0.15) is 29.1 Å². The first-order valence-electron chi connectivity index (χ1n) is 23.4. The Morgan fingerprint density at radius 3 is 2.39 bits per heavy atom. The quantitative estimate of drug-likeness (QED) is 0.172. The molecule has 4 aliphatic heterocycles. The van der Waals surface area contributed by atoms with Crippen LogP contribution in [-0.2, 0) is 19.2 Å². The first-order chi connectivity index (χ1) is 31.7. The number of aliphatic hydroxyl groups is 1. The Bertz CT molecular complexity index is 2390. The average Bonchev–Trinajstić information content (AvgIpc) is 4.02. The maximum atomic E-state index is 15.3. The van der Waals surface area contributed by atoms with Gasteiger partial charge in [0.2, 0.25) is 29.6 Å². The number of halogens is 2. The normalized spacial score (nSPS) is 23.7. The number of methoxy groups -OCH3 is 1. The zero-order valence-electron chi connectivity index (χ0n) is 37.8. The lowest BCUT2D eigenvalue weighted by molar-refractivity contribution is -0.150. The monoisotopic (exact) mass is 911 g/mol. The largest absolute Gasteiger partial charge is 0.495 e. The summed E-state index contributed by atoms with van der Waals surface area (Å²) < 4.78 is 36.3. The Balaban J connectivity index is 0.803. The summed E-state index contributed by atoms with van der Waals surface area (Å²) in [5, 5.41) is 18.9. The number of anilines is 5. The Morgan fingerprint density at radius 1 is 1.00 bits per heavy atom. The van der Waals surface area contributed by atoms with Crippen LogP contribution < -0.4 is 35.4 Å². The van der Waals surface area contributed by atoms with E-state index in [1.54, 1.807) is 41.2 Å². The highest BCUT2D eigenvalue weighted by Gasteiger charge is 2.52. The number of rotatable bonds is 12. The lowest BCUT2D eigenvalue weighted by Crippen LogP contribution is -2.64. The van der Waals surface area contributed by atoms with E-state index < -0.39 is 34.9 Å². The van der Waals surface area contributed by atoms with E-state index in [1.807, 2.05) is 11.8 Å². The number of benzene rings is 2. The van der Waals surface area contributed by atoms with E-state index in [1.165, 1.54) is 19.2 Å². The summed E-state index contributed by atoms with van der Waals surface area (Å²) in [6.45, 7) is 3.86. The van der Waals surface area contributed by atoms with Crippen molar-refractivity contribution in [1.29, 1.82) is 0 Å². The van der Waals surface area contributed by atoms with Gasteiger partial charge in [0, 0.05) is 80.1 Å². The van der Waals surface area contributed by atoms with Crippen LogP contribution in [0.15, 0.2) is 36.5 Å². The Morgan fingerprint density at radius 2 is 1.73 bits per heavy atom. The molecule has 1 unspecified atom stereocenters. The second-order valence-electron chi connectivity index (χ2n) is 19.3. The Kier molecular flexibility index (Phi) is 12.4. The van der Waals surface area contributed by atoms with Crippen molar-refractivity contribution < 1.29 is 42.6 Å². The molecule has 0 bridgehead atoms. The fraction of sp³-hybridized carbons (Fsp3) is 0.562. The summed E-state index contributed by atoms with van der Waals surface area (Å²) in [4.78, 5) is 81.9. The van der Waals surface area contributed by atoms with Gasteiger partial charge in [-0.05, 0) is 94.5 Å². The van der Waals surface area contributed by atoms with E-state index in [0.717, 1.165) is 44.3 Å². The topological polar surface area (TPSA) is 190 Å². The van der Waals surface area contributed by atoms with Gasteiger partial charge in [-0.15, -0.1) is 0 Å². The number of likely N-dealkylation sites (N-methyl/N-ethyl adjacent to an activating group) is 1. The molecule has 3 saturated heterocycles. The highest BCUT2D eigenvalue weighted by Crippen LogP contribution is 2.49.